The molecule has 0 amide bonds. The lowest BCUT2D eigenvalue weighted by atomic mass is 9.94. The van der Waals surface area contributed by atoms with Crippen molar-refractivity contribution in [1.29, 1.82) is 0 Å². The maximum atomic E-state index is 5.89. The Balaban J connectivity index is 1.77. The maximum Gasteiger partial charge on any atom is 0.172 e. The van der Waals surface area contributed by atoms with Crippen LogP contribution >= 0.6 is 11.6 Å². The van der Waals surface area contributed by atoms with E-state index < -0.39 is 0 Å². The highest BCUT2D eigenvalue weighted by atomic mass is 35.5. The molecule has 2 heterocycles. The lowest BCUT2D eigenvalue weighted by Crippen LogP contribution is -2.36. The normalized spacial score (nSPS) is 16.3. The average molecular weight is 321 g/mol. The van der Waals surface area contributed by atoms with Crippen LogP contribution in [0, 0.1) is 0 Å². The number of nitrogens with zero attached hydrogens (tertiary/aromatic N) is 6. The molecular formula is C15H21ClN6. The van der Waals surface area contributed by atoms with Gasteiger partial charge in [-0.25, -0.2) is 4.98 Å². The van der Waals surface area contributed by atoms with Crippen LogP contribution in [0.25, 0.3) is 5.82 Å². The van der Waals surface area contributed by atoms with E-state index in [0.29, 0.717) is 16.9 Å². The molecule has 1 aliphatic carbocycles. The van der Waals surface area contributed by atoms with Gasteiger partial charge in [0.05, 0.1) is 11.6 Å². The van der Waals surface area contributed by atoms with Crippen LogP contribution in [0.3, 0.4) is 0 Å². The predicted octanol–water partition coefficient (Wildman–Crippen LogP) is 2.87. The number of pyridine rings is 1. The van der Waals surface area contributed by atoms with Crippen molar-refractivity contribution in [2.45, 2.75) is 51.6 Å². The minimum Gasteiger partial charge on any atom is -0.293 e. The van der Waals surface area contributed by atoms with Gasteiger partial charge in [0.2, 0.25) is 0 Å². The summed E-state index contributed by atoms with van der Waals surface area (Å²) >= 11 is 5.89. The Morgan fingerprint density at radius 1 is 1.27 bits per heavy atom. The van der Waals surface area contributed by atoms with E-state index in [1.54, 1.807) is 16.9 Å². The molecule has 2 aromatic heterocycles. The summed E-state index contributed by atoms with van der Waals surface area (Å²) in [6.45, 7) is 3.95. The van der Waals surface area contributed by atoms with Crippen LogP contribution in [0.2, 0.25) is 5.02 Å². The first-order chi connectivity index (χ1) is 10.8. The molecule has 1 saturated carbocycles. The third kappa shape index (κ3) is 3.44. The van der Waals surface area contributed by atoms with Crippen molar-refractivity contribution in [3.05, 3.63) is 29.2 Å². The van der Waals surface area contributed by atoms with E-state index in [9.17, 15) is 0 Å². The average Bonchev–Trinajstić information content (AvgIpc) is 3.02. The summed E-state index contributed by atoms with van der Waals surface area (Å²) in [5.74, 6) is 1.52. The minimum absolute atomic E-state index is 0.607. The second kappa shape index (κ2) is 7.15. The van der Waals surface area contributed by atoms with Gasteiger partial charge in [-0.05, 0) is 41.9 Å². The van der Waals surface area contributed by atoms with Crippen LogP contribution in [0.1, 0.15) is 44.9 Å². The number of tetrazole rings is 1. The summed E-state index contributed by atoms with van der Waals surface area (Å²) in [5.41, 5.74) is 0. The fourth-order valence-corrected chi connectivity index (χ4v) is 3.21. The summed E-state index contributed by atoms with van der Waals surface area (Å²) in [5, 5.41) is 12.7. The molecule has 22 heavy (non-hydrogen) atoms. The van der Waals surface area contributed by atoms with E-state index >= 15 is 0 Å². The SMILES string of the molecule is CCN(Cc1nnnn1-c1ccc(Cl)cn1)C1CCCCC1. The van der Waals surface area contributed by atoms with Crippen LogP contribution in [0.15, 0.2) is 18.3 Å². The van der Waals surface area contributed by atoms with Gasteiger partial charge in [0, 0.05) is 12.2 Å². The van der Waals surface area contributed by atoms with E-state index in [2.05, 4.69) is 32.3 Å². The zero-order chi connectivity index (χ0) is 15.4. The number of hydrogen-bond acceptors (Lipinski definition) is 5. The van der Waals surface area contributed by atoms with E-state index in [4.69, 9.17) is 11.6 Å². The molecule has 0 radical (unpaired) electrons. The first-order valence-electron chi connectivity index (χ1n) is 7.91. The maximum absolute atomic E-state index is 5.89. The molecule has 0 bridgehead atoms. The van der Waals surface area contributed by atoms with Crippen molar-refractivity contribution in [2.75, 3.05) is 6.54 Å². The van der Waals surface area contributed by atoms with Gasteiger partial charge in [0.25, 0.3) is 0 Å². The zero-order valence-corrected chi connectivity index (χ0v) is 13.6. The van der Waals surface area contributed by atoms with Gasteiger partial charge in [-0.15, -0.1) is 5.10 Å². The second-order valence-electron chi connectivity index (χ2n) is 5.70. The molecule has 118 valence electrons. The Morgan fingerprint density at radius 2 is 2.09 bits per heavy atom. The predicted molar refractivity (Wildman–Crippen MR) is 84.9 cm³/mol. The van der Waals surface area contributed by atoms with Crippen molar-refractivity contribution < 1.29 is 0 Å². The van der Waals surface area contributed by atoms with Crippen LogP contribution < -0.4 is 0 Å². The molecule has 6 nitrogen and oxygen atoms in total. The Bertz CT molecular complexity index is 590. The lowest BCUT2D eigenvalue weighted by Gasteiger charge is -2.32. The molecule has 7 heteroatoms. The van der Waals surface area contributed by atoms with Crippen LogP contribution in [0.4, 0.5) is 0 Å². The molecule has 0 unspecified atom stereocenters. The molecule has 0 N–H and O–H groups in total. The number of aromatic nitrogens is 5. The van der Waals surface area contributed by atoms with Crippen molar-refractivity contribution in [1.82, 2.24) is 30.1 Å². The summed E-state index contributed by atoms with van der Waals surface area (Å²) in [6, 6.07) is 4.27. The van der Waals surface area contributed by atoms with Crippen molar-refractivity contribution in [3.8, 4) is 5.82 Å². The Morgan fingerprint density at radius 3 is 2.77 bits per heavy atom. The molecule has 1 fully saturated rings. The fraction of sp³-hybridized carbons (Fsp3) is 0.600. The highest BCUT2D eigenvalue weighted by Gasteiger charge is 2.22. The fourth-order valence-electron chi connectivity index (χ4n) is 3.10. The molecule has 0 aliphatic heterocycles. The van der Waals surface area contributed by atoms with Gasteiger partial charge in [-0.2, -0.15) is 4.68 Å². The molecule has 0 aromatic carbocycles. The van der Waals surface area contributed by atoms with Crippen molar-refractivity contribution >= 4 is 11.6 Å². The topological polar surface area (TPSA) is 59.7 Å². The molecule has 1 aliphatic rings. The zero-order valence-electron chi connectivity index (χ0n) is 12.8. The quantitative estimate of drug-likeness (QED) is 0.847. The van der Waals surface area contributed by atoms with Gasteiger partial charge in [-0.3, -0.25) is 4.90 Å². The standard InChI is InChI=1S/C15H21ClN6/c1-2-21(13-6-4-3-5-7-13)11-15-18-19-20-22(15)14-9-8-12(16)10-17-14/h8-10,13H,2-7,11H2,1H3. The monoisotopic (exact) mass is 320 g/mol. The van der Waals surface area contributed by atoms with Crippen LogP contribution in [-0.2, 0) is 6.54 Å². The molecule has 3 rings (SSSR count). The van der Waals surface area contributed by atoms with E-state index in [1.807, 2.05) is 6.07 Å². The van der Waals surface area contributed by atoms with Gasteiger partial charge >= 0.3 is 0 Å². The Labute approximate surface area is 135 Å². The molecule has 0 saturated heterocycles. The summed E-state index contributed by atoms with van der Waals surface area (Å²) in [6.07, 6.45) is 8.17. The smallest absolute Gasteiger partial charge is 0.172 e. The van der Waals surface area contributed by atoms with Gasteiger partial charge < -0.3 is 0 Å². The van der Waals surface area contributed by atoms with Crippen molar-refractivity contribution in [3.63, 3.8) is 0 Å². The molecule has 0 spiro atoms. The molecule has 0 atom stereocenters. The first-order valence-corrected chi connectivity index (χ1v) is 8.29. The third-order valence-corrected chi connectivity index (χ3v) is 4.53. The van der Waals surface area contributed by atoms with Gasteiger partial charge in [0.15, 0.2) is 11.6 Å². The van der Waals surface area contributed by atoms with E-state index in [-0.39, 0.29) is 0 Å². The van der Waals surface area contributed by atoms with E-state index in [1.165, 1.54) is 32.1 Å². The summed E-state index contributed by atoms with van der Waals surface area (Å²) < 4.78 is 1.70. The second-order valence-corrected chi connectivity index (χ2v) is 6.13. The Hall–Kier alpha value is -1.53. The minimum atomic E-state index is 0.607. The van der Waals surface area contributed by atoms with Crippen molar-refractivity contribution in [2.24, 2.45) is 0 Å². The number of halogens is 1. The van der Waals surface area contributed by atoms with Crippen LogP contribution in [0.5, 0.6) is 0 Å². The largest absolute Gasteiger partial charge is 0.293 e. The highest BCUT2D eigenvalue weighted by Crippen LogP contribution is 2.23. The van der Waals surface area contributed by atoms with Gasteiger partial charge in [-0.1, -0.05) is 37.8 Å². The van der Waals surface area contributed by atoms with E-state index in [0.717, 1.165) is 18.9 Å². The lowest BCUT2D eigenvalue weighted by molar-refractivity contribution is 0.151. The highest BCUT2D eigenvalue weighted by molar-refractivity contribution is 6.30. The van der Waals surface area contributed by atoms with Gasteiger partial charge in [0.1, 0.15) is 0 Å². The molecular weight excluding hydrogens is 300 g/mol. The molecule has 2 aromatic rings. The first kappa shape index (κ1) is 15.4. The summed E-state index contributed by atoms with van der Waals surface area (Å²) in [4.78, 5) is 6.77. The third-order valence-electron chi connectivity index (χ3n) is 4.30. The van der Waals surface area contributed by atoms with Crippen LogP contribution in [-0.4, -0.2) is 42.7 Å². The summed E-state index contributed by atoms with van der Waals surface area (Å²) in [7, 11) is 0. The Kier molecular flexibility index (Phi) is 5.00. The number of hydrogen-bond donors (Lipinski definition) is 0. The number of rotatable bonds is 5.